The zero-order valence-electron chi connectivity index (χ0n) is 11.5. The van der Waals surface area contributed by atoms with Gasteiger partial charge in [-0.15, -0.1) is 0 Å². The predicted octanol–water partition coefficient (Wildman–Crippen LogP) is 1.64. The topological polar surface area (TPSA) is 59.0 Å². The molecule has 1 aliphatic rings. The maximum Gasteiger partial charge on any atom is 0.228 e. The van der Waals surface area contributed by atoms with Gasteiger partial charge in [0.2, 0.25) is 5.91 Å². The van der Waals surface area contributed by atoms with Crippen LogP contribution in [0.25, 0.3) is 11.4 Å². The Kier molecular flexibility index (Phi) is 3.52. The molecule has 3 rings (SSSR count). The third-order valence-corrected chi connectivity index (χ3v) is 3.64. The first kappa shape index (κ1) is 12.9. The number of nitrogens with one attached hydrogen (secondary N) is 2. The quantitative estimate of drug-likeness (QED) is 0.891. The van der Waals surface area contributed by atoms with Crippen LogP contribution in [-0.2, 0) is 11.8 Å². The van der Waals surface area contributed by atoms with E-state index in [1.165, 1.54) is 0 Å². The fraction of sp³-hybridized carbons (Fsp3) is 0.333. The maximum absolute atomic E-state index is 12.1. The van der Waals surface area contributed by atoms with Crippen molar-refractivity contribution in [3.05, 3.63) is 36.7 Å². The number of carbonyl (C=O) groups excluding carboxylic acids is 1. The number of benzene rings is 1. The van der Waals surface area contributed by atoms with Crippen LogP contribution in [0.1, 0.15) is 6.42 Å². The molecule has 1 atom stereocenters. The highest BCUT2D eigenvalue weighted by molar-refractivity contribution is 5.93. The lowest BCUT2D eigenvalue weighted by Gasteiger charge is -2.11. The van der Waals surface area contributed by atoms with E-state index in [9.17, 15) is 4.79 Å². The van der Waals surface area contributed by atoms with Crippen LogP contribution in [0.4, 0.5) is 5.69 Å². The average Bonchev–Trinajstić information content (AvgIpc) is 3.10. The molecule has 1 fully saturated rings. The molecule has 1 aromatic carbocycles. The Labute approximate surface area is 118 Å². The number of hydrogen-bond donors (Lipinski definition) is 2. The van der Waals surface area contributed by atoms with Gasteiger partial charge in [0.1, 0.15) is 5.82 Å². The van der Waals surface area contributed by atoms with Crippen LogP contribution in [0.15, 0.2) is 36.7 Å². The molecule has 1 amide bonds. The SMILES string of the molecule is Cn1ccnc1-c1cccc(NC(=O)C2CCNC2)c1. The molecule has 1 aromatic heterocycles. The lowest BCUT2D eigenvalue weighted by molar-refractivity contribution is -0.119. The van der Waals surface area contributed by atoms with Crippen LogP contribution in [0, 0.1) is 5.92 Å². The summed E-state index contributed by atoms with van der Waals surface area (Å²) in [5, 5.41) is 6.20. The Morgan fingerprint density at radius 3 is 3.10 bits per heavy atom. The minimum atomic E-state index is 0.0758. The highest BCUT2D eigenvalue weighted by atomic mass is 16.1. The van der Waals surface area contributed by atoms with Crippen molar-refractivity contribution in [1.29, 1.82) is 0 Å². The molecule has 2 aromatic rings. The number of imidazole rings is 1. The largest absolute Gasteiger partial charge is 0.334 e. The van der Waals surface area contributed by atoms with Crippen molar-refractivity contribution < 1.29 is 4.79 Å². The van der Waals surface area contributed by atoms with E-state index in [1.807, 2.05) is 42.1 Å². The highest BCUT2D eigenvalue weighted by Gasteiger charge is 2.22. The van der Waals surface area contributed by atoms with Crippen molar-refractivity contribution >= 4 is 11.6 Å². The first-order chi connectivity index (χ1) is 9.74. The van der Waals surface area contributed by atoms with Crippen LogP contribution in [0.5, 0.6) is 0 Å². The van der Waals surface area contributed by atoms with E-state index < -0.39 is 0 Å². The molecule has 5 heteroatoms. The summed E-state index contributed by atoms with van der Waals surface area (Å²) in [5.74, 6) is 1.06. The van der Waals surface area contributed by atoms with E-state index >= 15 is 0 Å². The van der Waals surface area contributed by atoms with Crippen LogP contribution in [0.3, 0.4) is 0 Å². The number of hydrogen-bond acceptors (Lipinski definition) is 3. The average molecular weight is 270 g/mol. The molecule has 104 valence electrons. The van der Waals surface area contributed by atoms with Gasteiger partial charge in [-0.2, -0.15) is 0 Å². The van der Waals surface area contributed by atoms with Crippen molar-refractivity contribution in [2.45, 2.75) is 6.42 Å². The molecule has 2 N–H and O–H groups in total. The molecule has 2 heterocycles. The number of nitrogens with zero attached hydrogens (tertiary/aromatic N) is 2. The van der Waals surface area contributed by atoms with Crippen LogP contribution in [-0.4, -0.2) is 28.5 Å². The Balaban J connectivity index is 1.78. The van der Waals surface area contributed by atoms with E-state index in [0.717, 1.165) is 36.6 Å². The van der Waals surface area contributed by atoms with E-state index in [-0.39, 0.29) is 11.8 Å². The fourth-order valence-corrected chi connectivity index (χ4v) is 2.50. The summed E-state index contributed by atoms with van der Waals surface area (Å²) in [7, 11) is 1.96. The summed E-state index contributed by atoms with van der Waals surface area (Å²) >= 11 is 0. The summed E-state index contributed by atoms with van der Waals surface area (Å²) in [5.41, 5.74) is 1.82. The standard InChI is InChI=1S/C15H18N4O/c1-19-8-7-17-14(19)11-3-2-4-13(9-11)18-15(20)12-5-6-16-10-12/h2-4,7-9,12,16H,5-6,10H2,1H3,(H,18,20). The summed E-state index contributed by atoms with van der Waals surface area (Å²) in [6.07, 6.45) is 4.58. The Bertz CT molecular complexity index is 614. The molecule has 1 saturated heterocycles. The zero-order valence-corrected chi connectivity index (χ0v) is 11.5. The van der Waals surface area contributed by atoms with Crippen molar-refractivity contribution in [3.8, 4) is 11.4 Å². The van der Waals surface area contributed by atoms with Crippen LogP contribution >= 0.6 is 0 Å². The predicted molar refractivity (Wildman–Crippen MR) is 78.3 cm³/mol. The minimum Gasteiger partial charge on any atom is -0.334 e. The molecule has 0 saturated carbocycles. The smallest absolute Gasteiger partial charge is 0.228 e. The van der Waals surface area contributed by atoms with Gasteiger partial charge in [-0.1, -0.05) is 12.1 Å². The molecule has 0 spiro atoms. The number of anilines is 1. The second-order valence-corrected chi connectivity index (χ2v) is 5.12. The van der Waals surface area contributed by atoms with Gasteiger partial charge in [-0.05, 0) is 25.1 Å². The van der Waals surface area contributed by atoms with E-state index in [2.05, 4.69) is 15.6 Å². The van der Waals surface area contributed by atoms with E-state index in [4.69, 9.17) is 0 Å². The summed E-state index contributed by atoms with van der Waals surface area (Å²) < 4.78 is 1.96. The second kappa shape index (κ2) is 5.46. The summed E-state index contributed by atoms with van der Waals surface area (Å²) in [6.45, 7) is 1.69. The van der Waals surface area contributed by atoms with Crippen molar-refractivity contribution in [2.75, 3.05) is 18.4 Å². The molecule has 1 aliphatic heterocycles. The first-order valence-electron chi connectivity index (χ1n) is 6.83. The Hall–Kier alpha value is -2.14. The Morgan fingerprint density at radius 2 is 2.40 bits per heavy atom. The van der Waals surface area contributed by atoms with E-state index in [1.54, 1.807) is 6.20 Å². The lowest BCUT2D eigenvalue weighted by Crippen LogP contribution is -2.24. The van der Waals surface area contributed by atoms with Gasteiger partial charge >= 0.3 is 0 Å². The molecule has 20 heavy (non-hydrogen) atoms. The minimum absolute atomic E-state index is 0.0758. The monoisotopic (exact) mass is 270 g/mol. The van der Waals surface area contributed by atoms with Gasteiger partial charge in [-0.25, -0.2) is 4.98 Å². The van der Waals surface area contributed by atoms with Gasteiger partial charge in [0, 0.05) is 37.2 Å². The first-order valence-corrected chi connectivity index (χ1v) is 6.83. The highest BCUT2D eigenvalue weighted by Crippen LogP contribution is 2.21. The third kappa shape index (κ3) is 2.58. The van der Waals surface area contributed by atoms with Gasteiger partial charge in [-0.3, -0.25) is 4.79 Å². The number of rotatable bonds is 3. The van der Waals surface area contributed by atoms with Gasteiger partial charge in [0.05, 0.1) is 5.92 Å². The third-order valence-electron chi connectivity index (χ3n) is 3.64. The van der Waals surface area contributed by atoms with Gasteiger partial charge in [0.15, 0.2) is 0 Å². The van der Waals surface area contributed by atoms with Crippen molar-refractivity contribution in [3.63, 3.8) is 0 Å². The molecule has 0 bridgehead atoms. The van der Waals surface area contributed by atoms with Gasteiger partial charge in [0.25, 0.3) is 0 Å². The summed E-state index contributed by atoms with van der Waals surface area (Å²) in [6, 6.07) is 7.80. The van der Waals surface area contributed by atoms with Crippen LogP contribution in [0.2, 0.25) is 0 Å². The van der Waals surface area contributed by atoms with E-state index in [0.29, 0.717) is 0 Å². The van der Waals surface area contributed by atoms with Crippen molar-refractivity contribution in [2.24, 2.45) is 13.0 Å². The fourth-order valence-electron chi connectivity index (χ4n) is 2.50. The molecule has 5 nitrogen and oxygen atoms in total. The number of aryl methyl sites for hydroxylation is 1. The zero-order chi connectivity index (χ0) is 13.9. The number of aromatic nitrogens is 2. The number of carbonyl (C=O) groups is 1. The second-order valence-electron chi connectivity index (χ2n) is 5.12. The number of amides is 1. The molecule has 1 unspecified atom stereocenters. The normalized spacial score (nSPS) is 18.1. The summed E-state index contributed by atoms with van der Waals surface area (Å²) in [4.78, 5) is 16.4. The maximum atomic E-state index is 12.1. The van der Waals surface area contributed by atoms with Crippen LogP contribution < -0.4 is 10.6 Å². The Morgan fingerprint density at radius 1 is 1.50 bits per heavy atom. The molecule has 0 aliphatic carbocycles. The molecule has 0 radical (unpaired) electrons. The molecular weight excluding hydrogens is 252 g/mol. The lowest BCUT2D eigenvalue weighted by atomic mass is 10.1. The van der Waals surface area contributed by atoms with Crippen molar-refractivity contribution in [1.82, 2.24) is 14.9 Å². The van der Waals surface area contributed by atoms with Gasteiger partial charge < -0.3 is 15.2 Å². The molecular formula is C15H18N4O.